The predicted octanol–water partition coefficient (Wildman–Crippen LogP) is 3.81. The fourth-order valence-corrected chi connectivity index (χ4v) is 5.67. The summed E-state index contributed by atoms with van der Waals surface area (Å²) in [5.74, 6) is -0.0136. The highest BCUT2D eigenvalue weighted by atomic mass is 16.5. The van der Waals surface area contributed by atoms with Crippen molar-refractivity contribution in [2.75, 3.05) is 13.1 Å². The van der Waals surface area contributed by atoms with Crippen LogP contribution in [0.5, 0.6) is 0 Å². The number of carbonyl (C=O) groups excluding carboxylic acids is 2. The van der Waals surface area contributed by atoms with Crippen molar-refractivity contribution in [2.45, 2.75) is 51.0 Å². The highest BCUT2D eigenvalue weighted by Gasteiger charge is 2.33. The predicted molar refractivity (Wildman–Crippen MR) is 130 cm³/mol. The van der Waals surface area contributed by atoms with E-state index in [9.17, 15) is 9.59 Å². The minimum Gasteiger partial charge on any atom is -0.365 e. The zero-order valence-electron chi connectivity index (χ0n) is 19.7. The van der Waals surface area contributed by atoms with E-state index in [0.29, 0.717) is 44.8 Å². The molecule has 2 atom stereocenters. The number of ether oxygens (including phenoxy) is 1. The molecule has 7 heteroatoms. The summed E-state index contributed by atoms with van der Waals surface area (Å²) in [5, 5.41) is 3.26. The summed E-state index contributed by atoms with van der Waals surface area (Å²) in [4.78, 5) is 32.5. The highest BCUT2D eigenvalue weighted by Crippen LogP contribution is 2.32. The molecule has 1 fully saturated rings. The Bertz CT molecular complexity index is 1230. The molecule has 0 bridgehead atoms. The molecule has 2 unspecified atom stereocenters. The maximum Gasteiger partial charge on any atom is 0.274 e. The molecule has 2 amide bonds. The number of hydrogen-bond donors (Lipinski definition) is 1. The number of imidazole rings is 1. The summed E-state index contributed by atoms with van der Waals surface area (Å²) in [7, 11) is 0. The van der Waals surface area contributed by atoms with Crippen molar-refractivity contribution in [3.63, 3.8) is 0 Å². The molecule has 1 saturated heterocycles. The number of rotatable bonds is 4. The van der Waals surface area contributed by atoms with E-state index in [2.05, 4.69) is 40.6 Å². The number of benzene rings is 2. The van der Waals surface area contributed by atoms with Gasteiger partial charge in [-0.05, 0) is 42.4 Å². The van der Waals surface area contributed by atoms with Crippen molar-refractivity contribution in [3.8, 4) is 0 Å². The third kappa shape index (κ3) is 4.25. The molecule has 0 radical (unpaired) electrons. The molecule has 0 spiro atoms. The summed E-state index contributed by atoms with van der Waals surface area (Å²) in [6, 6.07) is 18.6. The van der Waals surface area contributed by atoms with Crippen LogP contribution in [-0.4, -0.2) is 39.4 Å². The van der Waals surface area contributed by atoms with E-state index in [1.807, 2.05) is 33.7 Å². The lowest BCUT2D eigenvalue weighted by molar-refractivity contribution is -0.127. The van der Waals surface area contributed by atoms with Crippen molar-refractivity contribution in [1.29, 1.82) is 0 Å². The average Bonchev–Trinajstić information content (AvgIpc) is 3.53. The third-order valence-electron chi connectivity index (χ3n) is 7.71. The molecule has 3 aliphatic rings. The van der Waals surface area contributed by atoms with Crippen LogP contribution in [0.4, 0.5) is 0 Å². The molecule has 1 aromatic heterocycles. The number of aromatic nitrogens is 2. The SMILES string of the molecule is O=C(NC1CCc2ccccc21)C1CCN(C(=O)c2ncn3c2COC(c2ccccc2)C3)CC1. The quantitative estimate of drug-likeness (QED) is 0.629. The second-order valence-electron chi connectivity index (χ2n) is 9.77. The monoisotopic (exact) mass is 470 g/mol. The first kappa shape index (κ1) is 22.0. The number of fused-ring (bicyclic) bond motifs is 2. The number of carbonyl (C=O) groups is 2. The first-order chi connectivity index (χ1) is 17.2. The molecular weight excluding hydrogens is 440 g/mol. The summed E-state index contributed by atoms with van der Waals surface area (Å²) < 4.78 is 8.12. The zero-order chi connectivity index (χ0) is 23.8. The molecule has 1 N–H and O–H groups in total. The topological polar surface area (TPSA) is 76.5 Å². The van der Waals surface area contributed by atoms with Gasteiger partial charge >= 0.3 is 0 Å². The average molecular weight is 471 g/mol. The number of hydrogen-bond acceptors (Lipinski definition) is 4. The molecule has 2 aliphatic heterocycles. The maximum atomic E-state index is 13.3. The Morgan fingerprint density at radius 2 is 1.74 bits per heavy atom. The number of piperidine rings is 1. The summed E-state index contributed by atoms with van der Waals surface area (Å²) in [6.45, 7) is 2.14. The van der Waals surface area contributed by atoms with E-state index in [4.69, 9.17) is 4.74 Å². The first-order valence-electron chi connectivity index (χ1n) is 12.6. The Hall–Kier alpha value is -3.45. The molecule has 0 saturated carbocycles. The van der Waals surface area contributed by atoms with Crippen molar-refractivity contribution >= 4 is 11.8 Å². The lowest BCUT2D eigenvalue weighted by Gasteiger charge is -2.32. The van der Waals surface area contributed by atoms with E-state index < -0.39 is 0 Å². The van der Waals surface area contributed by atoms with Gasteiger partial charge in [-0.25, -0.2) is 4.98 Å². The van der Waals surface area contributed by atoms with Gasteiger partial charge in [-0.1, -0.05) is 54.6 Å². The Labute approximate surface area is 205 Å². The molecule has 180 valence electrons. The fraction of sp³-hybridized carbons (Fsp3) is 0.393. The van der Waals surface area contributed by atoms with Crippen LogP contribution in [0.15, 0.2) is 60.9 Å². The van der Waals surface area contributed by atoms with Crippen LogP contribution in [0.25, 0.3) is 0 Å². The number of amides is 2. The van der Waals surface area contributed by atoms with Gasteiger partial charge < -0.3 is 19.5 Å². The summed E-state index contributed by atoms with van der Waals surface area (Å²) in [6.07, 6.45) is 5.03. The zero-order valence-corrected chi connectivity index (χ0v) is 19.7. The molecule has 1 aliphatic carbocycles. The smallest absolute Gasteiger partial charge is 0.274 e. The minimum absolute atomic E-state index is 0.0399. The number of aryl methyl sites for hydroxylation is 1. The number of nitrogens with zero attached hydrogens (tertiary/aromatic N) is 3. The van der Waals surface area contributed by atoms with E-state index in [1.54, 1.807) is 6.33 Å². The van der Waals surface area contributed by atoms with Crippen LogP contribution in [0, 0.1) is 5.92 Å². The van der Waals surface area contributed by atoms with Gasteiger partial charge in [0, 0.05) is 19.0 Å². The van der Waals surface area contributed by atoms with E-state index >= 15 is 0 Å². The Kier molecular flexibility index (Phi) is 5.86. The standard InChI is InChI=1S/C28H30N4O3/c33-27(30-23-11-10-19-6-4-5-9-22(19)23)21-12-14-31(15-13-21)28(34)26-24-17-35-25(16-32(24)18-29-26)20-7-2-1-3-8-20/h1-9,18,21,23,25H,10-17H2,(H,30,33). The van der Waals surface area contributed by atoms with Gasteiger partial charge in [-0.3, -0.25) is 9.59 Å². The minimum atomic E-state index is -0.0657. The van der Waals surface area contributed by atoms with E-state index in [-0.39, 0.29) is 29.9 Å². The Balaban J connectivity index is 1.05. The fourth-order valence-electron chi connectivity index (χ4n) is 5.67. The van der Waals surface area contributed by atoms with Crippen molar-refractivity contribution < 1.29 is 14.3 Å². The summed E-state index contributed by atoms with van der Waals surface area (Å²) >= 11 is 0. The third-order valence-corrected chi connectivity index (χ3v) is 7.71. The Morgan fingerprint density at radius 1 is 0.971 bits per heavy atom. The largest absolute Gasteiger partial charge is 0.365 e. The van der Waals surface area contributed by atoms with E-state index in [0.717, 1.165) is 24.1 Å². The van der Waals surface area contributed by atoms with Gasteiger partial charge in [0.2, 0.25) is 5.91 Å². The molecule has 3 heterocycles. The van der Waals surface area contributed by atoms with Crippen LogP contribution in [0.2, 0.25) is 0 Å². The second-order valence-corrected chi connectivity index (χ2v) is 9.77. The van der Waals surface area contributed by atoms with Gasteiger partial charge in [0.25, 0.3) is 5.91 Å². The maximum absolute atomic E-state index is 13.3. The van der Waals surface area contributed by atoms with Gasteiger partial charge in [0.15, 0.2) is 5.69 Å². The summed E-state index contributed by atoms with van der Waals surface area (Å²) in [5.41, 5.74) is 5.01. The molecule has 7 nitrogen and oxygen atoms in total. The first-order valence-corrected chi connectivity index (χ1v) is 12.6. The van der Waals surface area contributed by atoms with Crippen LogP contribution < -0.4 is 5.32 Å². The van der Waals surface area contributed by atoms with Crippen molar-refractivity contribution in [2.24, 2.45) is 5.92 Å². The highest BCUT2D eigenvalue weighted by molar-refractivity contribution is 5.93. The van der Waals surface area contributed by atoms with Crippen molar-refractivity contribution in [1.82, 2.24) is 19.8 Å². The lowest BCUT2D eigenvalue weighted by Crippen LogP contribution is -2.44. The lowest BCUT2D eigenvalue weighted by atomic mass is 9.95. The number of nitrogens with one attached hydrogen (secondary N) is 1. The van der Waals surface area contributed by atoms with Crippen molar-refractivity contribution in [3.05, 3.63) is 89.0 Å². The van der Waals surface area contributed by atoms with Crippen LogP contribution in [0.1, 0.15) is 64.3 Å². The van der Waals surface area contributed by atoms with Crippen LogP contribution in [-0.2, 0) is 29.1 Å². The van der Waals surface area contributed by atoms with Gasteiger partial charge in [-0.2, -0.15) is 0 Å². The van der Waals surface area contributed by atoms with Crippen LogP contribution >= 0.6 is 0 Å². The number of likely N-dealkylation sites (tertiary alicyclic amines) is 1. The Morgan fingerprint density at radius 3 is 2.57 bits per heavy atom. The van der Waals surface area contributed by atoms with Gasteiger partial charge in [0.05, 0.1) is 31.2 Å². The van der Waals surface area contributed by atoms with Gasteiger partial charge in [0.1, 0.15) is 6.10 Å². The molecule has 3 aromatic rings. The molecule has 2 aromatic carbocycles. The van der Waals surface area contributed by atoms with Crippen LogP contribution in [0.3, 0.4) is 0 Å². The molecule has 6 rings (SSSR count). The normalized spacial score (nSPS) is 21.9. The van der Waals surface area contributed by atoms with Gasteiger partial charge in [-0.15, -0.1) is 0 Å². The molecular formula is C28H30N4O3. The second kappa shape index (κ2) is 9.30. The molecule has 35 heavy (non-hydrogen) atoms. The van der Waals surface area contributed by atoms with E-state index in [1.165, 1.54) is 11.1 Å².